The summed E-state index contributed by atoms with van der Waals surface area (Å²) in [6.45, 7) is 4.17. The fraction of sp³-hybridized carbons (Fsp3) is 0.296. The monoisotopic (exact) mass is 492 g/mol. The number of rotatable bonds is 9. The molecule has 0 fully saturated rings. The Morgan fingerprint density at radius 2 is 1.86 bits per heavy atom. The van der Waals surface area contributed by atoms with Crippen molar-refractivity contribution in [3.8, 4) is 22.1 Å². The van der Waals surface area contributed by atoms with Crippen molar-refractivity contribution in [3.05, 3.63) is 76.0 Å². The van der Waals surface area contributed by atoms with Crippen LogP contribution in [-0.4, -0.2) is 47.4 Å². The third kappa shape index (κ3) is 4.41. The van der Waals surface area contributed by atoms with Gasteiger partial charge < -0.3 is 19.5 Å². The van der Waals surface area contributed by atoms with Crippen molar-refractivity contribution in [1.82, 2.24) is 9.88 Å². The number of hydrogen-bond donors (Lipinski definition) is 1. The molecule has 35 heavy (non-hydrogen) atoms. The fourth-order valence-electron chi connectivity index (χ4n) is 4.33. The standard InChI is InChI=1S/C27H28N2O5S/c1-5-6-15-29-21(18-13-10-14-19(33-3)24(18)34-4)20(23(31)27(29)32)22(30)25-16(2)28-26(35-25)17-11-8-7-9-12-17/h7-14,21,31H,5-6,15H2,1-4H3. The van der Waals surface area contributed by atoms with Gasteiger partial charge in [-0.2, -0.15) is 0 Å². The van der Waals surface area contributed by atoms with Gasteiger partial charge in [0.1, 0.15) is 5.01 Å². The number of thiazole rings is 1. The Labute approximate surface area is 208 Å². The highest BCUT2D eigenvalue weighted by Crippen LogP contribution is 2.46. The van der Waals surface area contributed by atoms with Gasteiger partial charge in [-0.25, -0.2) is 4.98 Å². The van der Waals surface area contributed by atoms with Crippen LogP contribution in [0.15, 0.2) is 59.9 Å². The number of aromatic nitrogens is 1. The Hall–Kier alpha value is -3.65. The number of nitrogens with zero attached hydrogens (tertiary/aromatic N) is 2. The zero-order chi connectivity index (χ0) is 25.1. The van der Waals surface area contributed by atoms with E-state index in [0.29, 0.717) is 39.2 Å². The minimum absolute atomic E-state index is 0.0315. The van der Waals surface area contributed by atoms with Crippen molar-refractivity contribution in [1.29, 1.82) is 0 Å². The predicted molar refractivity (Wildman–Crippen MR) is 135 cm³/mol. The Morgan fingerprint density at radius 3 is 2.51 bits per heavy atom. The van der Waals surface area contributed by atoms with Gasteiger partial charge in [-0.15, -0.1) is 11.3 Å². The number of ether oxygens (including phenoxy) is 2. The summed E-state index contributed by atoms with van der Waals surface area (Å²) in [5.41, 5.74) is 2.06. The summed E-state index contributed by atoms with van der Waals surface area (Å²) in [5, 5.41) is 11.7. The Morgan fingerprint density at radius 1 is 1.11 bits per heavy atom. The first-order valence-electron chi connectivity index (χ1n) is 11.4. The zero-order valence-electron chi connectivity index (χ0n) is 20.2. The Kier molecular flexibility index (Phi) is 7.21. The van der Waals surface area contributed by atoms with Crippen LogP contribution in [0.5, 0.6) is 11.5 Å². The van der Waals surface area contributed by atoms with E-state index >= 15 is 0 Å². The third-order valence-electron chi connectivity index (χ3n) is 6.05. The number of ketones is 1. The Balaban J connectivity index is 1.84. The molecule has 0 saturated carbocycles. The smallest absolute Gasteiger partial charge is 0.290 e. The molecule has 1 unspecified atom stereocenters. The minimum Gasteiger partial charge on any atom is -0.503 e. The normalized spacial score (nSPS) is 15.6. The van der Waals surface area contributed by atoms with Crippen LogP contribution in [0.1, 0.15) is 46.7 Å². The summed E-state index contributed by atoms with van der Waals surface area (Å²) < 4.78 is 11.1. The van der Waals surface area contributed by atoms with E-state index < -0.39 is 23.5 Å². The van der Waals surface area contributed by atoms with E-state index in [4.69, 9.17) is 9.47 Å². The molecule has 182 valence electrons. The SMILES string of the molecule is CCCCN1C(=O)C(O)=C(C(=O)c2sc(-c3ccccc3)nc2C)C1c1cccc(OC)c1OC. The van der Waals surface area contributed by atoms with Crippen LogP contribution in [-0.2, 0) is 4.79 Å². The van der Waals surface area contributed by atoms with Gasteiger partial charge in [0.2, 0.25) is 5.78 Å². The summed E-state index contributed by atoms with van der Waals surface area (Å²) in [5.74, 6) is -0.620. The molecule has 1 aliphatic rings. The quantitative estimate of drug-likeness (QED) is 0.396. The molecule has 2 heterocycles. The third-order valence-corrected chi connectivity index (χ3v) is 7.26. The lowest BCUT2D eigenvalue weighted by Gasteiger charge is -2.28. The van der Waals surface area contributed by atoms with E-state index in [0.717, 1.165) is 18.4 Å². The molecule has 1 amide bonds. The van der Waals surface area contributed by atoms with E-state index in [9.17, 15) is 14.7 Å². The van der Waals surface area contributed by atoms with E-state index in [1.54, 1.807) is 25.1 Å². The van der Waals surface area contributed by atoms with Crippen LogP contribution in [0.25, 0.3) is 10.6 Å². The molecule has 2 aromatic carbocycles. The van der Waals surface area contributed by atoms with Crippen LogP contribution in [0.3, 0.4) is 0 Å². The second-order valence-corrected chi connectivity index (χ2v) is 9.23. The summed E-state index contributed by atoms with van der Waals surface area (Å²) >= 11 is 1.25. The first-order chi connectivity index (χ1) is 16.9. The van der Waals surface area contributed by atoms with Gasteiger partial charge >= 0.3 is 0 Å². The number of Topliss-reactive ketones (excluding diaryl/α,β-unsaturated/α-hetero) is 1. The average Bonchev–Trinajstić information content (AvgIpc) is 3.39. The molecule has 0 bridgehead atoms. The van der Waals surface area contributed by atoms with Crippen LogP contribution in [0, 0.1) is 6.92 Å². The zero-order valence-corrected chi connectivity index (χ0v) is 21.0. The van der Waals surface area contributed by atoms with Gasteiger partial charge in [-0.3, -0.25) is 9.59 Å². The molecule has 1 atom stereocenters. The van der Waals surface area contributed by atoms with Crippen molar-refractivity contribution in [2.45, 2.75) is 32.7 Å². The van der Waals surface area contributed by atoms with Gasteiger partial charge in [0.05, 0.1) is 36.4 Å². The highest BCUT2D eigenvalue weighted by atomic mass is 32.1. The molecule has 7 nitrogen and oxygen atoms in total. The topological polar surface area (TPSA) is 89.0 Å². The van der Waals surface area contributed by atoms with Gasteiger partial charge in [0.25, 0.3) is 5.91 Å². The van der Waals surface area contributed by atoms with Gasteiger partial charge in [-0.05, 0) is 19.4 Å². The summed E-state index contributed by atoms with van der Waals surface area (Å²) in [4.78, 5) is 33.6. The van der Waals surface area contributed by atoms with Crippen LogP contribution in [0.4, 0.5) is 0 Å². The number of methoxy groups -OCH3 is 2. The molecule has 3 aromatic rings. The number of unbranched alkanes of at least 4 members (excludes halogenated alkanes) is 1. The number of aryl methyl sites for hydroxylation is 1. The van der Waals surface area contributed by atoms with Gasteiger partial charge in [0.15, 0.2) is 17.3 Å². The lowest BCUT2D eigenvalue weighted by molar-refractivity contribution is -0.129. The molecule has 0 aliphatic carbocycles. The molecule has 0 radical (unpaired) electrons. The first kappa shape index (κ1) is 24.5. The molecule has 4 rings (SSSR count). The minimum atomic E-state index is -0.812. The summed E-state index contributed by atoms with van der Waals surface area (Å²) in [7, 11) is 3.04. The largest absolute Gasteiger partial charge is 0.503 e. The second-order valence-electron chi connectivity index (χ2n) is 8.23. The fourth-order valence-corrected chi connectivity index (χ4v) is 5.35. The molecule has 1 N–H and O–H groups in total. The molecule has 1 aromatic heterocycles. The molecule has 8 heteroatoms. The highest BCUT2D eigenvalue weighted by molar-refractivity contribution is 7.17. The molecular weight excluding hydrogens is 464 g/mol. The van der Waals surface area contributed by atoms with Crippen molar-refractivity contribution in [3.63, 3.8) is 0 Å². The summed E-state index contributed by atoms with van der Waals surface area (Å²) in [6, 6.07) is 14.1. The van der Waals surface area contributed by atoms with E-state index in [2.05, 4.69) is 4.98 Å². The number of amides is 1. The number of aliphatic hydroxyl groups excluding tert-OH is 1. The lowest BCUT2D eigenvalue weighted by Crippen LogP contribution is -2.32. The number of carbonyl (C=O) groups excluding carboxylic acids is 2. The maximum atomic E-state index is 13.9. The lowest BCUT2D eigenvalue weighted by atomic mass is 9.94. The van der Waals surface area contributed by atoms with E-state index in [1.165, 1.54) is 30.5 Å². The van der Waals surface area contributed by atoms with Crippen molar-refractivity contribution in [2.75, 3.05) is 20.8 Å². The predicted octanol–water partition coefficient (Wildman–Crippen LogP) is 5.51. The van der Waals surface area contributed by atoms with E-state index in [1.807, 2.05) is 37.3 Å². The number of carbonyl (C=O) groups is 2. The van der Waals surface area contributed by atoms with Crippen molar-refractivity contribution in [2.24, 2.45) is 0 Å². The van der Waals surface area contributed by atoms with Crippen LogP contribution >= 0.6 is 11.3 Å². The highest BCUT2D eigenvalue weighted by Gasteiger charge is 2.45. The van der Waals surface area contributed by atoms with E-state index in [-0.39, 0.29) is 5.57 Å². The summed E-state index contributed by atoms with van der Waals surface area (Å²) in [6.07, 6.45) is 1.57. The first-order valence-corrected chi connectivity index (χ1v) is 12.3. The van der Waals surface area contributed by atoms with Gasteiger partial charge in [0, 0.05) is 17.7 Å². The molecule has 0 saturated heterocycles. The number of hydrogen-bond acceptors (Lipinski definition) is 7. The van der Waals surface area contributed by atoms with Crippen LogP contribution in [0.2, 0.25) is 0 Å². The molecular formula is C27H28N2O5S. The van der Waals surface area contributed by atoms with Crippen molar-refractivity contribution >= 4 is 23.0 Å². The van der Waals surface area contributed by atoms with Crippen molar-refractivity contribution < 1.29 is 24.2 Å². The maximum Gasteiger partial charge on any atom is 0.290 e. The molecule has 1 aliphatic heterocycles. The van der Waals surface area contributed by atoms with Gasteiger partial charge in [-0.1, -0.05) is 55.8 Å². The number of aliphatic hydroxyl groups is 1. The average molecular weight is 493 g/mol. The molecule has 0 spiro atoms. The van der Waals surface area contributed by atoms with Crippen LogP contribution < -0.4 is 9.47 Å². The second kappa shape index (κ2) is 10.3. The maximum absolute atomic E-state index is 13.9. The number of para-hydroxylation sites is 1. The number of benzene rings is 2. The Bertz CT molecular complexity index is 1280.